The van der Waals surface area contributed by atoms with Crippen LogP contribution in [0.1, 0.15) is 13.8 Å². The third-order valence-corrected chi connectivity index (χ3v) is 1.46. The molecular formula is C7H12N2O3. The van der Waals surface area contributed by atoms with Crippen LogP contribution in [0, 0.1) is 0 Å². The minimum absolute atomic E-state index is 0.172. The van der Waals surface area contributed by atoms with Gasteiger partial charge in [0.05, 0.1) is 13.3 Å². The fourth-order valence-corrected chi connectivity index (χ4v) is 0.730. The van der Waals surface area contributed by atoms with E-state index in [1.807, 2.05) is 13.8 Å². The van der Waals surface area contributed by atoms with Gasteiger partial charge in [-0.05, 0) is 13.8 Å². The SMILES string of the molecule is COC(=O)C1=CN(C(C)C)NO1. The van der Waals surface area contributed by atoms with Gasteiger partial charge >= 0.3 is 5.97 Å². The quantitative estimate of drug-likeness (QED) is 0.601. The summed E-state index contributed by atoms with van der Waals surface area (Å²) in [5.74, 6) is -0.308. The van der Waals surface area contributed by atoms with Crippen molar-refractivity contribution >= 4 is 5.97 Å². The number of carbonyl (C=O) groups excluding carboxylic acids is 1. The van der Waals surface area contributed by atoms with Gasteiger partial charge in [-0.15, -0.1) is 0 Å². The first-order valence-electron chi connectivity index (χ1n) is 3.66. The van der Waals surface area contributed by atoms with Gasteiger partial charge in [0, 0.05) is 6.04 Å². The van der Waals surface area contributed by atoms with Gasteiger partial charge in [-0.1, -0.05) is 5.59 Å². The number of esters is 1. The predicted molar refractivity (Wildman–Crippen MR) is 41.3 cm³/mol. The Bertz CT molecular complexity index is 213. The molecule has 0 aromatic heterocycles. The summed E-state index contributed by atoms with van der Waals surface area (Å²) in [5, 5.41) is 1.67. The number of nitrogens with one attached hydrogen (secondary N) is 1. The lowest BCUT2D eigenvalue weighted by Crippen LogP contribution is -2.33. The van der Waals surface area contributed by atoms with Gasteiger partial charge in [-0.2, -0.15) is 0 Å². The van der Waals surface area contributed by atoms with E-state index in [4.69, 9.17) is 4.84 Å². The minimum atomic E-state index is -0.481. The summed E-state index contributed by atoms with van der Waals surface area (Å²) in [6, 6.07) is 0.229. The zero-order chi connectivity index (χ0) is 9.14. The number of hydrazine groups is 1. The Morgan fingerprint density at radius 1 is 1.75 bits per heavy atom. The molecule has 0 spiro atoms. The zero-order valence-corrected chi connectivity index (χ0v) is 7.33. The van der Waals surface area contributed by atoms with Crippen molar-refractivity contribution in [1.82, 2.24) is 10.6 Å². The topological polar surface area (TPSA) is 50.8 Å². The highest BCUT2D eigenvalue weighted by molar-refractivity contribution is 5.86. The fraction of sp³-hybridized carbons (Fsp3) is 0.571. The molecule has 0 aromatic rings. The van der Waals surface area contributed by atoms with Crippen molar-refractivity contribution in [2.45, 2.75) is 19.9 Å². The smallest absolute Gasteiger partial charge is 0.377 e. The maximum atomic E-state index is 10.9. The van der Waals surface area contributed by atoms with Crippen LogP contribution in [-0.4, -0.2) is 24.1 Å². The lowest BCUT2D eigenvalue weighted by atomic mass is 10.4. The lowest BCUT2D eigenvalue weighted by molar-refractivity contribution is -0.142. The van der Waals surface area contributed by atoms with Crippen LogP contribution >= 0.6 is 0 Å². The maximum absolute atomic E-state index is 10.9. The number of rotatable bonds is 2. The molecule has 1 N–H and O–H groups in total. The van der Waals surface area contributed by atoms with Crippen LogP contribution in [0.5, 0.6) is 0 Å². The number of hydrogen-bond acceptors (Lipinski definition) is 5. The Labute approximate surface area is 70.9 Å². The molecule has 68 valence electrons. The molecule has 0 bridgehead atoms. The van der Waals surface area contributed by atoms with E-state index in [1.54, 1.807) is 11.2 Å². The number of ether oxygens (including phenoxy) is 1. The molecule has 1 rings (SSSR count). The molecule has 0 saturated heterocycles. The Hall–Kier alpha value is -1.23. The summed E-state index contributed by atoms with van der Waals surface area (Å²) in [6.07, 6.45) is 1.57. The first-order valence-corrected chi connectivity index (χ1v) is 3.66. The second-order valence-electron chi connectivity index (χ2n) is 2.68. The Kier molecular flexibility index (Phi) is 2.54. The van der Waals surface area contributed by atoms with E-state index in [0.29, 0.717) is 0 Å². The molecule has 1 aliphatic heterocycles. The third-order valence-electron chi connectivity index (χ3n) is 1.46. The molecule has 0 atom stereocenters. The van der Waals surface area contributed by atoms with Crippen LogP contribution in [-0.2, 0) is 14.4 Å². The molecule has 0 unspecified atom stereocenters. The second-order valence-corrected chi connectivity index (χ2v) is 2.68. The van der Waals surface area contributed by atoms with Crippen molar-refractivity contribution < 1.29 is 14.4 Å². The Morgan fingerprint density at radius 3 is 2.83 bits per heavy atom. The van der Waals surface area contributed by atoms with Crippen LogP contribution in [0.25, 0.3) is 0 Å². The molecule has 5 nitrogen and oxygen atoms in total. The van der Waals surface area contributed by atoms with E-state index >= 15 is 0 Å². The first kappa shape index (κ1) is 8.86. The lowest BCUT2D eigenvalue weighted by Gasteiger charge is -2.16. The van der Waals surface area contributed by atoms with E-state index in [0.717, 1.165) is 0 Å². The summed E-state index contributed by atoms with van der Waals surface area (Å²) in [4.78, 5) is 15.7. The van der Waals surface area contributed by atoms with Crippen molar-refractivity contribution in [2.75, 3.05) is 7.11 Å². The van der Waals surface area contributed by atoms with Gasteiger partial charge < -0.3 is 9.57 Å². The van der Waals surface area contributed by atoms with Crippen molar-refractivity contribution in [2.24, 2.45) is 0 Å². The van der Waals surface area contributed by atoms with E-state index in [-0.39, 0.29) is 11.8 Å². The number of methoxy groups -OCH3 is 1. The monoisotopic (exact) mass is 172 g/mol. The van der Waals surface area contributed by atoms with Gasteiger partial charge in [0.1, 0.15) is 0 Å². The molecule has 0 saturated carbocycles. The molecule has 0 amide bonds. The van der Waals surface area contributed by atoms with E-state index in [1.165, 1.54) is 7.11 Å². The number of carbonyl (C=O) groups is 1. The average molecular weight is 172 g/mol. The van der Waals surface area contributed by atoms with Crippen LogP contribution in [0.2, 0.25) is 0 Å². The van der Waals surface area contributed by atoms with E-state index < -0.39 is 5.97 Å². The van der Waals surface area contributed by atoms with Crippen molar-refractivity contribution in [3.05, 3.63) is 12.0 Å². The van der Waals surface area contributed by atoms with Gasteiger partial charge in [-0.25, -0.2) is 4.79 Å². The molecule has 12 heavy (non-hydrogen) atoms. The first-order chi connectivity index (χ1) is 5.65. The number of nitrogens with zero attached hydrogens (tertiary/aromatic N) is 1. The summed E-state index contributed by atoms with van der Waals surface area (Å²) in [5.41, 5.74) is 2.56. The summed E-state index contributed by atoms with van der Waals surface area (Å²) < 4.78 is 4.46. The molecule has 1 heterocycles. The summed E-state index contributed by atoms with van der Waals surface area (Å²) in [6.45, 7) is 3.93. The average Bonchev–Trinajstić information content (AvgIpc) is 2.51. The van der Waals surface area contributed by atoms with Gasteiger partial charge in [-0.3, -0.25) is 5.01 Å². The normalized spacial score (nSPS) is 16.0. The molecule has 5 heteroatoms. The van der Waals surface area contributed by atoms with Crippen LogP contribution in [0.15, 0.2) is 12.0 Å². The predicted octanol–water partition coefficient (Wildman–Crippen LogP) is 0.161. The summed E-state index contributed by atoms with van der Waals surface area (Å²) in [7, 11) is 1.31. The molecule has 0 aliphatic carbocycles. The molecular weight excluding hydrogens is 160 g/mol. The maximum Gasteiger partial charge on any atom is 0.377 e. The standard InChI is InChI=1S/C7H12N2O3/c1-5(2)9-4-6(12-8-9)7(10)11-3/h4-5,8H,1-3H3. The highest BCUT2D eigenvalue weighted by Gasteiger charge is 2.22. The zero-order valence-electron chi connectivity index (χ0n) is 7.33. The number of hydrogen-bond donors (Lipinski definition) is 1. The van der Waals surface area contributed by atoms with E-state index in [9.17, 15) is 4.79 Å². The van der Waals surface area contributed by atoms with Gasteiger partial charge in [0.15, 0.2) is 0 Å². The Balaban J connectivity index is 2.59. The molecule has 0 aromatic carbocycles. The van der Waals surface area contributed by atoms with Crippen LogP contribution in [0.4, 0.5) is 0 Å². The molecule has 1 aliphatic rings. The third kappa shape index (κ3) is 1.68. The van der Waals surface area contributed by atoms with Crippen molar-refractivity contribution in [3.63, 3.8) is 0 Å². The highest BCUT2D eigenvalue weighted by Crippen LogP contribution is 2.09. The largest absolute Gasteiger partial charge is 0.463 e. The minimum Gasteiger partial charge on any atom is -0.463 e. The second kappa shape index (κ2) is 3.44. The highest BCUT2D eigenvalue weighted by atomic mass is 16.7. The van der Waals surface area contributed by atoms with Crippen molar-refractivity contribution in [3.8, 4) is 0 Å². The molecule has 0 radical (unpaired) electrons. The van der Waals surface area contributed by atoms with Gasteiger partial charge in [0.25, 0.3) is 5.76 Å². The summed E-state index contributed by atoms with van der Waals surface area (Å²) >= 11 is 0. The van der Waals surface area contributed by atoms with Crippen LogP contribution in [0.3, 0.4) is 0 Å². The van der Waals surface area contributed by atoms with E-state index in [2.05, 4.69) is 10.3 Å². The fourth-order valence-electron chi connectivity index (χ4n) is 0.730. The van der Waals surface area contributed by atoms with Crippen molar-refractivity contribution in [1.29, 1.82) is 0 Å². The Morgan fingerprint density at radius 2 is 2.42 bits per heavy atom. The van der Waals surface area contributed by atoms with Gasteiger partial charge in [0.2, 0.25) is 0 Å². The van der Waals surface area contributed by atoms with Crippen LogP contribution < -0.4 is 5.59 Å². The molecule has 0 fully saturated rings.